The quantitative estimate of drug-likeness (QED) is 0.688. The van der Waals surface area contributed by atoms with Gasteiger partial charge < -0.3 is 10.2 Å². The van der Waals surface area contributed by atoms with E-state index in [1.165, 1.54) is 5.57 Å². The van der Waals surface area contributed by atoms with Crippen LogP contribution >= 0.6 is 15.9 Å². The van der Waals surface area contributed by atoms with E-state index in [1.54, 1.807) is 6.07 Å². The number of allylic oxidation sites excluding steroid dienone is 3. The maximum atomic E-state index is 10.4. The third-order valence-corrected chi connectivity index (χ3v) is 4.46. The van der Waals surface area contributed by atoms with Gasteiger partial charge in [0.15, 0.2) is 0 Å². The van der Waals surface area contributed by atoms with Gasteiger partial charge in [-0.15, -0.1) is 0 Å². The van der Waals surface area contributed by atoms with E-state index in [0.717, 1.165) is 24.0 Å². The van der Waals surface area contributed by atoms with Gasteiger partial charge in [0.2, 0.25) is 0 Å². The molecule has 3 heteroatoms. The summed E-state index contributed by atoms with van der Waals surface area (Å²) in [5.41, 5.74) is 3.52. The van der Waals surface area contributed by atoms with Crippen LogP contribution in [0.3, 0.4) is 0 Å². The van der Waals surface area contributed by atoms with Crippen molar-refractivity contribution in [1.29, 1.82) is 0 Å². The summed E-state index contributed by atoms with van der Waals surface area (Å²) >= 11 is 3.37. The van der Waals surface area contributed by atoms with Gasteiger partial charge in [-0.05, 0) is 61.2 Å². The first-order valence-corrected chi connectivity index (χ1v) is 7.60. The highest BCUT2D eigenvalue weighted by atomic mass is 79.9. The Morgan fingerprint density at radius 1 is 1.40 bits per heavy atom. The minimum atomic E-state index is -0.0882. The predicted octanol–water partition coefficient (Wildman–Crippen LogP) is 5.57. The van der Waals surface area contributed by atoms with E-state index >= 15 is 0 Å². The monoisotopic (exact) mass is 338 g/mol. The van der Waals surface area contributed by atoms with Crippen molar-refractivity contribution >= 4 is 15.9 Å². The summed E-state index contributed by atoms with van der Waals surface area (Å²) in [5.74, 6) is 0.148. The van der Waals surface area contributed by atoms with E-state index in [0.29, 0.717) is 10.0 Å². The molecule has 110 valence electrons. The molecule has 0 fully saturated rings. The molecule has 0 saturated carbocycles. The van der Waals surface area contributed by atoms with Crippen LogP contribution < -0.4 is 0 Å². The minimum absolute atomic E-state index is 0.0882. The molecule has 0 aliphatic rings. The molecule has 0 aromatic heterocycles. The molecule has 1 aromatic carbocycles. The number of aryl methyl sites for hydroxylation is 1. The molecule has 0 radical (unpaired) electrons. The Morgan fingerprint density at radius 3 is 2.50 bits per heavy atom. The lowest BCUT2D eigenvalue weighted by atomic mass is 9.85. The van der Waals surface area contributed by atoms with Crippen LogP contribution in [-0.2, 0) is 0 Å². The van der Waals surface area contributed by atoms with Crippen LogP contribution in [0.25, 0.3) is 0 Å². The highest BCUT2D eigenvalue weighted by Gasteiger charge is 2.23. The van der Waals surface area contributed by atoms with Gasteiger partial charge in [-0.3, -0.25) is 0 Å². The normalized spacial score (nSPS) is 13.3. The summed E-state index contributed by atoms with van der Waals surface area (Å²) < 4.78 is 0.633. The van der Waals surface area contributed by atoms with E-state index in [1.807, 2.05) is 13.8 Å². The second-order valence-electron chi connectivity index (χ2n) is 5.35. The summed E-state index contributed by atoms with van der Waals surface area (Å²) in [7, 11) is 0. The maximum absolute atomic E-state index is 10.4. The molecule has 20 heavy (non-hydrogen) atoms. The lowest BCUT2D eigenvalue weighted by Crippen LogP contribution is -2.03. The standard InChI is InChI=1S/C17H23BrO2/c1-6-7-11(4)8-13(10(2)3)15-14(19)9-12(5)16(18)17(15)20/h7,9,13,19-20H,2,6,8H2,1,3-5H3/b11-7-. The van der Waals surface area contributed by atoms with Gasteiger partial charge in [0.05, 0.1) is 4.47 Å². The highest BCUT2D eigenvalue weighted by Crippen LogP contribution is 2.45. The average Bonchev–Trinajstić information content (AvgIpc) is 2.35. The molecule has 2 nitrogen and oxygen atoms in total. The fourth-order valence-corrected chi connectivity index (χ4v) is 2.72. The zero-order chi connectivity index (χ0) is 15.4. The van der Waals surface area contributed by atoms with Gasteiger partial charge >= 0.3 is 0 Å². The van der Waals surface area contributed by atoms with E-state index < -0.39 is 0 Å². The fourth-order valence-electron chi connectivity index (χ4n) is 2.39. The van der Waals surface area contributed by atoms with Crippen LogP contribution in [-0.4, -0.2) is 10.2 Å². The highest BCUT2D eigenvalue weighted by molar-refractivity contribution is 9.10. The second-order valence-corrected chi connectivity index (χ2v) is 6.14. The van der Waals surface area contributed by atoms with Gasteiger partial charge in [0.25, 0.3) is 0 Å². The molecule has 0 aliphatic heterocycles. The molecule has 0 saturated heterocycles. The van der Waals surface area contributed by atoms with Gasteiger partial charge in [0, 0.05) is 11.5 Å². The first kappa shape index (κ1) is 16.8. The Labute approximate surface area is 130 Å². The van der Waals surface area contributed by atoms with E-state index in [4.69, 9.17) is 0 Å². The lowest BCUT2D eigenvalue weighted by molar-refractivity contribution is 0.429. The zero-order valence-electron chi connectivity index (χ0n) is 12.6. The molecule has 0 bridgehead atoms. The molecule has 0 heterocycles. The van der Waals surface area contributed by atoms with Crippen molar-refractivity contribution in [3.63, 3.8) is 0 Å². The third kappa shape index (κ3) is 3.66. The average molecular weight is 339 g/mol. The Kier molecular flexibility index (Phi) is 5.88. The number of hydrogen-bond donors (Lipinski definition) is 2. The summed E-state index contributed by atoms with van der Waals surface area (Å²) in [6.07, 6.45) is 3.89. The first-order chi connectivity index (χ1) is 9.29. The number of halogens is 1. The van der Waals surface area contributed by atoms with Crippen molar-refractivity contribution in [2.24, 2.45) is 0 Å². The largest absolute Gasteiger partial charge is 0.507 e. The molecule has 1 rings (SSSR count). The van der Waals surface area contributed by atoms with Crippen molar-refractivity contribution in [3.8, 4) is 11.5 Å². The Bertz CT molecular complexity index is 544. The maximum Gasteiger partial charge on any atom is 0.137 e. The van der Waals surface area contributed by atoms with Gasteiger partial charge in [-0.1, -0.05) is 30.7 Å². The molecular formula is C17H23BrO2. The van der Waals surface area contributed by atoms with Crippen molar-refractivity contribution in [1.82, 2.24) is 0 Å². The number of benzene rings is 1. The second kappa shape index (κ2) is 6.98. The Balaban J connectivity index is 3.33. The van der Waals surface area contributed by atoms with Crippen LogP contribution in [0.2, 0.25) is 0 Å². The first-order valence-electron chi connectivity index (χ1n) is 6.81. The van der Waals surface area contributed by atoms with Gasteiger partial charge in [-0.25, -0.2) is 0 Å². The minimum Gasteiger partial charge on any atom is -0.507 e. The van der Waals surface area contributed by atoms with Crippen LogP contribution in [0.1, 0.15) is 50.7 Å². The summed E-state index contributed by atoms with van der Waals surface area (Å²) in [4.78, 5) is 0. The Hall–Kier alpha value is -1.22. The topological polar surface area (TPSA) is 40.5 Å². The van der Waals surface area contributed by atoms with Crippen LogP contribution in [0, 0.1) is 6.92 Å². The molecule has 0 spiro atoms. The molecule has 0 aliphatic carbocycles. The lowest BCUT2D eigenvalue weighted by Gasteiger charge is -2.22. The van der Waals surface area contributed by atoms with Crippen molar-refractivity contribution in [3.05, 3.63) is 45.5 Å². The summed E-state index contributed by atoms with van der Waals surface area (Å²) in [6, 6.07) is 1.67. The smallest absolute Gasteiger partial charge is 0.137 e. The molecule has 1 atom stereocenters. The van der Waals surface area contributed by atoms with E-state index in [-0.39, 0.29) is 17.4 Å². The van der Waals surface area contributed by atoms with E-state index in [9.17, 15) is 10.2 Å². The molecule has 1 aromatic rings. The number of aromatic hydroxyl groups is 2. The van der Waals surface area contributed by atoms with Crippen LogP contribution in [0.4, 0.5) is 0 Å². The fraction of sp³-hybridized carbons (Fsp3) is 0.412. The number of phenolic OH excluding ortho intramolecular Hbond substituents is 2. The van der Waals surface area contributed by atoms with Gasteiger partial charge in [-0.2, -0.15) is 0 Å². The van der Waals surface area contributed by atoms with Crippen molar-refractivity contribution in [2.75, 3.05) is 0 Å². The predicted molar refractivity (Wildman–Crippen MR) is 88.4 cm³/mol. The van der Waals surface area contributed by atoms with Crippen molar-refractivity contribution in [2.45, 2.75) is 46.5 Å². The number of phenols is 2. The Morgan fingerprint density at radius 2 is 2.00 bits per heavy atom. The summed E-state index contributed by atoms with van der Waals surface area (Å²) in [5, 5.41) is 20.6. The molecule has 2 N–H and O–H groups in total. The molecule has 1 unspecified atom stereocenters. The zero-order valence-corrected chi connectivity index (χ0v) is 14.2. The number of hydrogen-bond acceptors (Lipinski definition) is 2. The van der Waals surface area contributed by atoms with Crippen molar-refractivity contribution < 1.29 is 10.2 Å². The van der Waals surface area contributed by atoms with Gasteiger partial charge in [0.1, 0.15) is 11.5 Å². The molecule has 0 amide bonds. The summed E-state index contributed by atoms with van der Waals surface area (Å²) in [6.45, 7) is 11.9. The SMILES string of the molecule is C=C(C)C(C/C(C)=C\CC)c1c(O)cc(C)c(Br)c1O. The van der Waals surface area contributed by atoms with Crippen LogP contribution in [0.15, 0.2) is 34.3 Å². The van der Waals surface area contributed by atoms with E-state index in [2.05, 4.69) is 42.4 Å². The third-order valence-electron chi connectivity index (χ3n) is 3.46. The molecular weight excluding hydrogens is 316 g/mol. The number of rotatable bonds is 5. The van der Waals surface area contributed by atoms with Crippen LogP contribution in [0.5, 0.6) is 11.5 Å².